The van der Waals surface area contributed by atoms with E-state index in [1.807, 2.05) is 24.3 Å². The Morgan fingerprint density at radius 2 is 2.12 bits per heavy atom. The number of aromatic nitrogens is 2. The van der Waals surface area contributed by atoms with E-state index in [1.165, 1.54) is 0 Å². The van der Waals surface area contributed by atoms with Crippen LogP contribution in [0.15, 0.2) is 24.3 Å². The third-order valence-corrected chi connectivity index (χ3v) is 2.46. The van der Waals surface area contributed by atoms with E-state index in [0.717, 1.165) is 30.4 Å². The molecule has 1 aromatic carbocycles. The first-order chi connectivity index (χ1) is 7.83. The molecule has 5 nitrogen and oxygen atoms in total. The standard InChI is InChI=1S/C11H16N4O/c12-15-10-6-2-1-5-9(10)14-11(15)13-7-3-4-8-16/h1-2,5-6,16H,3-4,7-8,12H2,(H,13,14). The van der Waals surface area contributed by atoms with Crippen LogP contribution < -0.4 is 11.2 Å². The van der Waals surface area contributed by atoms with Gasteiger partial charge >= 0.3 is 0 Å². The smallest absolute Gasteiger partial charge is 0.222 e. The van der Waals surface area contributed by atoms with E-state index in [-0.39, 0.29) is 6.61 Å². The molecule has 0 atom stereocenters. The molecule has 0 amide bonds. The van der Waals surface area contributed by atoms with Crippen molar-refractivity contribution in [3.05, 3.63) is 24.3 Å². The predicted molar refractivity (Wildman–Crippen MR) is 64.7 cm³/mol. The highest BCUT2D eigenvalue weighted by Crippen LogP contribution is 2.15. The maximum atomic E-state index is 8.66. The molecule has 2 aromatic rings. The average Bonchev–Trinajstić information content (AvgIpc) is 2.63. The molecule has 0 aliphatic carbocycles. The van der Waals surface area contributed by atoms with Gasteiger partial charge in [0.25, 0.3) is 0 Å². The Bertz CT molecular complexity index is 466. The second kappa shape index (κ2) is 4.85. The average molecular weight is 220 g/mol. The number of nitrogens with two attached hydrogens (primary N) is 1. The number of nitrogens with one attached hydrogen (secondary N) is 1. The third kappa shape index (κ3) is 2.09. The van der Waals surface area contributed by atoms with Crippen molar-refractivity contribution in [3.8, 4) is 0 Å². The van der Waals surface area contributed by atoms with Gasteiger partial charge < -0.3 is 16.3 Å². The molecular formula is C11H16N4O. The van der Waals surface area contributed by atoms with E-state index in [1.54, 1.807) is 4.68 Å². The van der Waals surface area contributed by atoms with Crippen molar-refractivity contribution >= 4 is 17.0 Å². The molecule has 1 heterocycles. The highest BCUT2D eigenvalue weighted by molar-refractivity contribution is 5.78. The van der Waals surface area contributed by atoms with E-state index < -0.39 is 0 Å². The first-order valence-corrected chi connectivity index (χ1v) is 5.40. The Labute approximate surface area is 93.9 Å². The predicted octanol–water partition coefficient (Wildman–Crippen LogP) is 0.934. The zero-order valence-corrected chi connectivity index (χ0v) is 9.06. The molecule has 4 N–H and O–H groups in total. The Morgan fingerprint density at radius 1 is 1.31 bits per heavy atom. The van der Waals surface area contributed by atoms with E-state index >= 15 is 0 Å². The number of imidazole rings is 1. The van der Waals surface area contributed by atoms with Gasteiger partial charge in [0.1, 0.15) is 0 Å². The van der Waals surface area contributed by atoms with E-state index in [2.05, 4.69) is 10.3 Å². The van der Waals surface area contributed by atoms with Crippen molar-refractivity contribution in [2.45, 2.75) is 12.8 Å². The van der Waals surface area contributed by atoms with Gasteiger partial charge in [-0.3, -0.25) is 0 Å². The van der Waals surface area contributed by atoms with Crippen molar-refractivity contribution in [1.29, 1.82) is 0 Å². The lowest BCUT2D eigenvalue weighted by molar-refractivity contribution is 0.286. The summed E-state index contributed by atoms with van der Waals surface area (Å²) < 4.78 is 1.55. The van der Waals surface area contributed by atoms with Crippen molar-refractivity contribution in [2.75, 3.05) is 24.3 Å². The van der Waals surface area contributed by atoms with Crippen LogP contribution in [0.1, 0.15) is 12.8 Å². The molecule has 2 rings (SSSR count). The van der Waals surface area contributed by atoms with Gasteiger partial charge in [0.2, 0.25) is 5.95 Å². The minimum atomic E-state index is 0.223. The number of rotatable bonds is 5. The molecular weight excluding hydrogens is 204 g/mol. The summed E-state index contributed by atoms with van der Waals surface area (Å²) in [5.41, 5.74) is 1.79. The Kier molecular flexibility index (Phi) is 3.26. The van der Waals surface area contributed by atoms with Crippen LogP contribution >= 0.6 is 0 Å². The molecule has 1 aromatic heterocycles. The second-order valence-corrected chi connectivity index (χ2v) is 3.65. The van der Waals surface area contributed by atoms with Gasteiger partial charge in [0, 0.05) is 13.2 Å². The van der Waals surface area contributed by atoms with Crippen LogP contribution in [0.5, 0.6) is 0 Å². The van der Waals surface area contributed by atoms with Crippen LogP contribution in [0.25, 0.3) is 11.0 Å². The molecule has 0 saturated heterocycles. The third-order valence-electron chi connectivity index (χ3n) is 2.46. The van der Waals surface area contributed by atoms with Crippen molar-refractivity contribution in [1.82, 2.24) is 9.66 Å². The quantitative estimate of drug-likeness (QED) is 0.517. The number of fused-ring (bicyclic) bond motifs is 1. The molecule has 0 spiro atoms. The van der Waals surface area contributed by atoms with Gasteiger partial charge in [-0.25, -0.2) is 9.66 Å². The number of aliphatic hydroxyl groups excluding tert-OH is 1. The summed E-state index contributed by atoms with van der Waals surface area (Å²) in [6.45, 7) is 0.988. The number of hydrogen-bond donors (Lipinski definition) is 3. The van der Waals surface area contributed by atoms with Crippen LogP contribution in [0.4, 0.5) is 5.95 Å². The number of anilines is 1. The highest BCUT2D eigenvalue weighted by Gasteiger charge is 2.06. The fraction of sp³-hybridized carbons (Fsp3) is 0.364. The van der Waals surface area contributed by atoms with Gasteiger partial charge in [-0.1, -0.05) is 12.1 Å². The van der Waals surface area contributed by atoms with Crippen molar-refractivity contribution in [2.24, 2.45) is 0 Å². The van der Waals surface area contributed by atoms with Gasteiger partial charge in [0.15, 0.2) is 0 Å². The minimum Gasteiger partial charge on any atom is -0.396 e. The van der Waals surface area contributed by atoms with Crippen LogP contribution in [-0.4, -0.2) is 27.9 Å². The van der Waals surface area contributed by atoms with Gasteiger partial charge in [-0.2, -0.15) is 0 Å². The molecule has 5 heteroatoms. The molecule has 16 heavy (non-hydrogen) atoms. The van der Waals surface area contributed by atoms with Crippen molar-refractivity contribution in [3.63, 3.8) is 0 Å². The van der Waals surface area contributed by atoms with Gasteiger partial charge in [-0.05, 0) is 25.0 Å². The zero-order chi connectivity index (χ0) is 11.4. The SMILES string of the molecule is Nn1c(NCCCCO)nc2ccccc21. The first-order valence-electron chi connectivity index (χ1n) is 5.40. The number of unbranched alkanes of at least 4 members (excludes halogenated alkanes) is 1. The Hall–Kier alpha value is -1.75. The maximum absolute atomic E-state index is 8.66. The fourth-order valence-electron chi connectivity index (χ4n) is 1.61. The van der Waals surface area contributed by atoms with Crippen LogP contribution in [0.2, 0.25) is 0 Å². The fourth-order valence-corrected chi connectivity index (χ4v) is 1.61. The molecule has 0 bridgehead atoms. The zero-order valence-electron chi connectivity index (χ0n) is 9.06. The first kappa shape index (κ1) is 10.8. The molecule has 86 valence electrons. The summed E-state index contributed by atoms with van der Waals surface area (Å²) in [5.74, 6) is 6.56. The lowest BCUT2D eigenvalue weighted by atomic mass is 10.3. The number of nitrogens with zero attached hydrogens (tertiary/aromatic N) is 2. The Morgan fingerprint density at radius 3 is 2.88 bits per heavy atom. The lowest BCUT2D eigenvalue weighted by Gasteiger charge is -2.04. The number of hydrogen-bond acceptors (Lipinski definition) is 4. The topological polar surface area (TPSA) is 76.1 Å². The van der Waals surface area contributed by atoms with E-state index in [4.69, 9.17) is 10.9 Å². The van der Waals surface area contributed by atoms with Crippen molar-refractivity contribution < 1.29 is 5.11 Å². The summed E-state index contributed by atoms with van der Waals surface area (Å²) in [4.78, 5) is 4.37. The van der Waals surface area contributed by atoms with Gasteiger partial charge in [0.05, 0.1) is 11.0 Å². The second-order valence-electron chi connectivity index (χ2n) is 3.65. The molecule has 0 unspecified atom stereocenters. The monoisotopic (exact) mass is 220 g/mol. The summed E-state index contributed by atoms with van der Waals surface area (Å²) in [6.07, 6.45) is 1.69. The van der Waals surface area contributed by atoms with Crippen LogP contribution in [0.3, 0.4) is 0 Å². The van der Waals surface area contributed by atoms with Crippen LogP contribution in [0, 0.1) is 0 Å². The van der Waals surface area contributed by atoms with E-state index in [0.29, 0.717) is 5.95 Å². The molecule has 0 radical (unpaired) electrons. The van der Waals surface area contributed by atoms with E-state index in [9.17, 15) is 0 Å². The summed E-state index contributed by atoms with van der Waals surface area (Å²) in [5, 5.41) is 11.8. The highest BCUT2D eigenvalue weighted by atomic mass is 16.2. The lowest BCUT2D eigenvalue weighted by Crippen LogP contribution is -2.14. The minimum absolute atomic E-state index is 0.223. The number of nitrogen functional groups attached to an aromatic ring is 1. The summed E-state index contributed by atoms with van der Waals surface area (Å²) >= 11 is 0. The van der Waals surface area contributed by atoms with Gasteiger partial charge in [-0.15, -0.1) is 0 Å². The van der Waals surface area contributed by atoms with Crippen LogP contribution in [-0.2, 0) is 0 Å². The summed E-state index contributed by atoms with van der Waals surface area (Å²) in [6, 6.07) is 7.73. The molecule has 0 fully saturated rings. The molecule has 0 aliphatic rings. The normalized spacial score (nSPS) is 10.8. The molecule has 0 saturated carbocycles. The molecule has 0 aliphatic heterocycles. The summed E-state index contributed by atoms with van der Waals surface area (Å²) in [7, 11) is 0. The largest absolute Gasteiger partial charge is 0.396 e. The number of para-hydroxylation sites is 2. The number of aliphatic hydroxyl groups is 1. The number of benzene rings is 1. The Balaban J connectivity index is 2.09. The maximum Gasteiger partial charge on any atom is 0.222 e.